The molecule has 0 amide bonds. The Labute approximate surface area is 115 Å². The number of anilines is 1. The van der Waals surface area contributed by atoms with E-state index in [0.29, 0.717) is 6.04 Å². The highest BCUT2D eigenvalue weighted by atomic mass is 79.9. The number of rotatable bonds is 2. The van der Waals surface area contributed by atoms with Crippen molar-refractivity contribution < 1.29 is 4.74 Å². The molecule has 0 aromatic heterocycles. The van der Waals surface area contributed by atoms with Gasteiger partial charge in [-0.25, -0.2) is 0 Å². The van der Waals surface area contributed by atoms with Crippen molar-refractivity contribution in [1.82, 2.24) is 0 Å². The maximum Gasteiger partial charge on any atom is 0.142 e. The van der Waals surface area contributed by atoms with Crippen LogP contribution in [0.25, 0.3) is 0 Å². The molecule has 1 aliphatic heterocycles. The summed E-state index contributed by atoms with van der Waals surface area (Å²) in [5.41, 5.74) is 3.73. The predicted molar refractivity (Wildman–Crippen MR) is 77.2 cm³/mol. The molecule has 0 spiro atoms. The summed E-state index contributed by atoms with van der Waals surface area (Å²) in [6.07, 6.45) is 0.995. The SMILES string of the molecule is COc1cccc2c1NC(c1ccccc1Br)C2. The molecule has 92 valence electrons. The van der Waals surface area contributed by atoms with Gasteiger partial charge >= 0.3 is 0 Å². The first-order valence-electron chi connectivity index (χ1n) is 5.96. The molecule has 1 heterocycles. The minimum Gasteiger partial charge on any atom is -0.495 e. The van der Waals surface area contributed by atoms with Gasteiger partial charge in [0.05, 0.1) is 18.8 Å². The third-order valence-electron chi connectivity index (χ3n) is 3.36. The molecule has 0 saturated carbocycles. The Balaban J connectivity index is 1.96. The summed E-state index contributed by atoms with van der Waals surface area (Å²) in [4.78, 5) is 0. The zero-order chi connectivity index (χ0) is 12.5. The van der Waals surface area contributed by atoms with Gasteiger partial charge in [0.15, 0.2) is 0 Å². The Kier molecular flexibility index (Phi) is 3.00. The summed E-state index contributed by atoms with van der Waals surface area (Å²) in [5.74, 6) is 0.919. The molecular formula is C15H14BrNO. The average molecular weight is 304 g/mol. The normalized spacial score (nSPS) is 17.1. The molecule has 1 aliphatic rings. The van der Waals surface area contributed by atoms with Crippen molar-refractivity contribution in [2.45, 2.75) is 12.5 Å². The smallest absolute Gasteiger partial charge is 0.142 e. The van der Waals surface area contributed by atoms with Gasteiger partial charge in [0.1, 0.15) is 5.75 Å². The van der Waals surface area contributed by atoms with E-state index in [1.54, 1.807) is 7.11 Å². The van der Waals surface area contributed by atoms with Gasteiger partial charge in [0.25, 0.3) is 0 Å². The number of ether oxygens (including phenoxy) is 1. The Morgan fingerprint density at radius 2 is 2.00 bits per heavy atom. The van der Waals surface area contributed by atoms with E-state index in [-0.39, 0.29) is 0 Å². The molecule has 18 heavy (non-hydrogen) atoms. The average Bonchev–Trinajstić information content (AvgIpc) is 2.82. The van der Waals surface area contributed by atoms with E-state index in [0.717, 1.165) is 22.3 Å². The molecule has 1 N–H and O–H groups in total. The second kappa shape index (κ2) is 4.65. The lowest BCUT2D eigenvalue weighted by Crippen LogP contribution is -2.06. The number of benzene rings is 2. The molecule has 1 atom stereocenters. The van der Waals surface area contributed by atoms with Crippen LogP contribution in [0.4, 0.5) is 5.69 Å². The molecule has 0 aliphatic carbocycles. The van der Waals surface area contributed by atoms with Crippen LogP contribution in [-0.4, -0.2) is 7.11 Å². The van der Waals surface area contributed by atoms with Crippen molar-refractivity contribution in [3.05, 3.63) is 58.1 Å². The van der Waals surface area contributed by atoms with E-state index in [2.05, 4.69) is 45.5 Å². The molecule has 2 nitrogen and oxygen atoms in total. The standard InChI is InChI=1S/C15H14BrNO/c1-18-14-8-4-5-10-9-13(17-15(10)14)11-6-2-3-7-12(11)16/h2-8,13,17H,9H2,1H3. The van der Waals surface area contributed by atoms with Crippen LogP contribution < -0.4 is 10.1 Å². The molecule has 3 heteroatoms. The van der Waals surface area contributed by atoms with Crippen molar-refractivity contribution in [3.8, 4) is 5.75 Å². The number of para-hydroxylation sites is 1. The van der Waals surface area contributed by atoms with Gasteiger partial charge in [0.2, 0.25) is 0 Å². The van der Waals surface area contributed by atoms with Gasteiger partial charge in [-0.2, -0.15) is 0 Å². The Morgan fingerprint density at radius 1 is 1.17 bits per heavy atom. The third kappa shape index (κ3) is 1.89. The fourth-order valence-corrected chi connectivity index (χ4v) is 3.03. The van der Waals surface area contributed by atoms with Crippen LogP contribution in [0, 0.1) is 0 Å². The summed E-state index contributed by atoms with van der Waals surface area (Å²) in [6.45, 7) is 0. The third-order valence-corrected chi connectivity index (χ3v) is 4.08. The summed E-state index contributed by atoms with van der Waals surface area (Å²) >= 11 is 3.62. The Hall–Kier alpha value is -1.48. The van der Waals surface area contributed by atoms with E-state index in [9.17, 15) is 0 Å². The minimum absolute atomic E-state index is 0.312. The van der Waals surface area contributed by atoms with E-state index < -0.39 is 0 Å². The van der Waals surface area contributed by atoms with E-state index in [4.69, 9.17) is 4.74 Å². The van der Waals surface area contributed by atoms with Crippen molar-refractivity contribution in [2.24, 2.45) is 0 Å². The number of halogens is 1. The summed E-state index contributed by atoms with van der Waals surface area (Å²) in [7, 11) is 1.71. The first kappa shape index (κ1) is 11.6. The van der Waals surface area contributed by atoms with Crippen LogP contribution in [0.3, 0.4) is 0 Å². The van der Waals surface area contributed by atoms with E-state index in [1.165, 1.54) is 11.1 Å². The summed E-state index contributed by atoms with van der Waals surface area (Å²) < 4.78 is 6.54. The lowest BCUT2D eigenvalue weighted by atomic mass is 10.0. The molecule has 2 aromatic carbocycles. The van der Waals surface area contributed by atoms with Gasteiger partial charge in [-0.05, 0) is 29.7 Å². The Morgan fingerprint density at radius 3 is 2.78 bits per heavy atom. The lowest BCUT2D eigenvalue weighted by Gasteiger charge is -2.14. The fourth-order valence-electron chi connectivity index (χ4n) is 2.47. The molecule has 3 rings (SSSR count). The zero-order valence-corrected chi connectivity index (χ0v) is 11.7. The van der Waals surface area contributed by atoms with Crippen molar-refractivity contribution >= 4 is 21.6 Å². The number of hydrogen-bond donors (Lipinski definition) is 1. The lowest BCUT2D eigenvalue weighted by molar-refractivity contribution is 0.416. The molecular weight excluding hydrogens is 290 g/mol. The monoisotopic (exact) mass is 303 g/mol. The van der Waals surface area contributed by atoms with Crippen LogP contribution in [-0.2, 0) is 6.42 Å². The highest BCUT2D eigenvalue weighted by Crippen LogP contribution is 2.41. The second-order valence-electron chi connectivity index (χ2n) is 4.42. The summed E-state index contributed by atoms with van der Waals surface area (Å²) in [6, 6.07) is 14.8. The van der Waals surface area contributed by atoms with Gasteiger partial charge in [-0.1, -0.05) is 46.3 Å². The highest BCUT2D eigenvalue weighted by molar-refractivity contribution is 9.10. The second-order valence-corrected chi connectivity index (χ2v) is 5.27. The Bertz CT molecular complexity index is 582. The molecule has 0 radical (unpaired) electrons. The van der Waals surface area contributed by atoms with Crippen molar-refractivity contribution in [3.63, 3.8) is 0 Å². The first-order chi connectivity index (χ1) is 8.79. The van der Waals surface area contributed by atoms with Crippen LogP contribution in [0.1, 0.15) is 17.2 Å². The molecule has 1 unspecified atom stereocenters. The van der Waals surface area contributed by atoms with Gasteiger partial charge < -0.3 is 10.1 Å². The quantitative estimate of drug-likeness (QED) is 0.899. The van der Waals surface area contributed by atoms with E-state index >= 15 is 0 Å². The number of nitrogens with one attached hydrogen (secondary N) is 1. The fraction of sp³-hybridized carbons (Fsp3) is 0.200. The summed E-state index contributed by atoms with van der Waals surface area (Å²) in [5, 5.41) is 3.56. The van der Waals surface area contributed by atoms with Gasteiger partial charge in [-0.3, -0.25) is 0 Å². The first-order valence-corrected chi connectivity index (χ1v) is 6.75. The van der Waals surface area contributed by atoms with Crippen molar-refractivity contribution in [1.29, 1.82) is 0 Å². The van der Waals surface area contributed by atoms with Crippen LogP contribution in [0.5, 0.6) is 5.75 Å². The topological polar surface area (TPSA) is 21.3 Å². The minimum atomic E-state index is 0.312. The van der Waals surface area contributed by atoms with Crippen molar-refractivity contribution in [2.75, 3.05) is 12.4 Å². The van der Waals surface area contributed by atoms with Crippen LogP contribution in [0.2, 0.25) is 0 Å². The molecule has 2 aromatic rings. The maximum absolute atomic E-state index is 5.40. The molecule has 0 saturated heterocycles. The van der Waals surface area contributed by atoms with Gasteiger partial charge in [-0.15, -0.1) is 0 Å². The predicted octanol–water partition coefficient (Wildman–Crippen LogP) is 4.17. The maximum atomic E-state index is 5.40. The van der Waals surface area contributed by atoms with Crippen LogP contribution in [0.15, 0.2) is 46.9 Å². The highest BCUT2D eigenvalue weighted by Gasteiger charge is 2.25. The largest absolute Gasteiger partial charge is 0.495 e. The molecule has 0 fully saturated rings. The van der Waals surface area contributed by atoms with Gasteiger partial charge in [0, 0.05) is 4.47 Å². The molecule has 0 bridgehead atoms. The number of fused-ring (bicyclic) bond motifs is 1. The number of methoxy groups -OCH3 is 1. The number of hydrogen-bond acceptors (Lipinski definition) is 2. The van der Waals surface area contributed by atoms with E-state index in [1.807, 2.05) is 18.2 Å². The zero-order valence-electron chi connectivity index (χ0n) is 10.1. The van der Waals surface area contributed by atoms with Crippen LogP contribution >= 0.6 is 15.9 Å².